The molecule has 0 saturated carbocycles. The molecule has 18 heavy (non-hydrogen) atoms. The van der Waals surface area contributed by atoms with Gasteiger partial charge in [-0.1, -0.05) is 45.9 Å². The summed E-state index contributed by atoms with van der Waals surface area (Å²) in [7, 11) is 0. The first-order chi connectivity index (χ1) is 8.47. The van der Waals surface area contributed by atoms with E-state index in [1.807, 2.05) is 6.07 Å². The van der Waals surface area contributed by atoms with Crippen molar-refractivity contribution in [3.63, 3.8) is 0 Å². The summed E-state index contributed by atoms with van der Waals surface area (Å²) in [5, 5.41) is 3.70. The molecule has 2 rings (SSSR count). The van der Waals surface area contributed by atoms with E-state index in [-0.39, 0.29) is 0 Å². The molecule has 2 atom stereocenters. The van der Waals surface area contributed by atoms with Crippen LogP contribution in [0.1, 0.15) is 45.7 Å². The van der Waals surface area contributed by atoms with Crippen molar-refractivity contribution in [1.82, 2.24) is 5.32 Å². The Labute approximate surface area is 111 Å². The van der Waals surface area contributed by atoms with Gasteiger partial charge in [0.05, 0.1) is 6.61 Å². The van der Waals surface area contributed by atoms with Gasteiger partial charge in [-0.2, -0.15) is 0 Å². The van der Waals surface area contributed by atoms with Crippen molar-refractivity contribution in [3.8, 4) is 5.75 Å². The van der Waals surface area contributed by atoms with Crippen molar-refractivity contribution in [1.29, 1.82) is 0 Å². The number of hydrogen-bond acceptors (Lipinski definition) is 2. The van der Waals surface area contributed by atoms with Gasteiger partial charge in [0, 0.05) is 17.5 Å². The summed E-state index contributed by atoms with van der Waals surface area (Å²) < 4.78 is 5.77. The second kappa shape index (κ2) is 5.31. The minimum Gasteiger partial charge on any atom is -0.493 e. The second-order valence-electron chi connectivity index (χ2n) is 6.57. The normalized spacial score (nSPS) is 23.3. The van der Waals surface area contributed by atoms with Gasteiger partial charge in [-0.05, 0) is 24.4 Å². The first-order valence-corrected chi connectivity index (χ1v) is 6.92. The topological polar surface area (TPSA) is 21.3 Å². The van der Waals surface area contributed by atoms with Gasteiger partial charge >= 0.3 is 0 Å². The van der Waals surface area contributed by atoms with Crippen LogP contribution in [0.3, 0.4) is 0 Å². The SMILES string of the molecule is CC1COc2ccccc2C1NCCC(C)(C)C. The lowest BCUT2D eigenvalue weighted by Gasteiger charge is -2.33. The minimum absolute atomic E-state index is 0.390. The summed E-state index contributed by atoms with van der Waals surface area (Å²) in [6.45, 7) is 11.0. The summed E-state index contributed by atoms with van der Waals surface area (Å²) >= 11 is 0. The molecular weight excluding hydrogens is 222 g/mol. The molecule has 100 valence electrons. The summed E-state index contributed by atoms with van der Waals surface area (Å²) in [6.07, 6.45) is 1.19. The van der Waals surface area contributed by atoms with E-state index in [0.717, 1.165) is 18.9 Å². The zero-order valence-electron chi connectivity index (χ0n) is 12.0. The Balaban J connectivity index is 2.03. The molecule has 0 amide bonds. The Morgan fingerprint density at radius 1 is 1.28 bits per heavy atom. The largest absolute Gasteiger partial charge is 0.493 e. The molecule has 0 fully saturated rings. The average Bonchev–Trinajstić information content (AvgIpc) is 2.31. The number of ether oxygens (including phenoxy) is 1. The van der Waals surface area contributed by atoms with Crippen LogP contribution >= 0.6 is 0 Å². The molecule has 0 spiro atoms. The molecule has 1 heterocycles. The Hall–Kier alpha value is -1.02. The summed E-state index contributed by atoms with van der Waals surface area (Å²) in [5.41, 5.74) is 1.70. The van der Waals surface area contributed by atoms with E-state index in [1.54, 1.807) is 0 Å². The van der Waals surface area contributed by atoms with E-state index in [9.17, 15) is 0 Å². The van der Waals surface area contributed by atoms with E-state index in [1.165, 1.54) is 12.0 Å². The van der Waals surface area contributed by atoms with E-state index in [2.05, 4.69) is 51.2 Å². The Morgan fingerprint density at radius 2 is 2.00 bits per heavy atom. The van der Waals surface area contributed by atoms with Crippen LogP contribution in [-0.4, -0.2) is 13.2 Å². The molecule has 1 aliphatic heterocycles. The average molecular weight is 247 g/mol. The Kier molecular flexibility index (Phi) is 3.96. The van der Waals surface area contributed by atoms with Gasteiger partial charge in [0.2, 0.25) is 0 Å². The molecule has 2 unspecified atom stereocenters. The lowest BCUT2D eigenvalue weighted by Crippen LogP contribution is -2.35. The molecule has 2 nitrogen and oxygen atoms in total. The fourth-order valence-corrected chi connectivity index (χ4v) is 2.41. The maximum absolute atomic E-state index is 5.77. The maximum atomic E-state index is 5.77. The van der Waals surface area contributed by atoms with Gasteiger partial charge in [0.15, 0.2) is 0 Å². The van der Waals surface area contributed by atoms with Crippen LogP contribution < -0.4 is 10.1 Å². The highest BCUT2D eigenvalue weighted by Gasteiger charge is 2.27. The predicted molar refractivity (Wildman–Crippen MR) is 75.9 cm³/mol. The molecule has 0 bridgehead atoms. The van der Waals surface area contributed by atoms with Crippen molar-refractivity contribution in [2.24, 2.45) is 11.3 Å². The second-order valence-corrected chi connectivity index (χ2v) is 6.57. The Bertz CT molecular complexity index is 394. The van der Waals surface area contributed by atoms with E-state index in [4.69, 9.17) is 4.74 Å². The summed E-state index contributed by atoms with van der Waals surface area (Å²) in [4.78, 5) is 0. The fraction of sp³-hybridized carbons (Fsp3) is 0.625. The third kappa shape index (κ3) is 3.26. The van der Waals surface area contributed by atoms with Gasteiger partial charge in [-0.25, -0.2) is 0 Å². The number of rotatable bonds is 3. The highest BCUT2D eigenvalue weighted by molar-refractivity contribution is 5.37. The standard InChI is InChI=1S/C16H25NO/c1-12-11-18-14-8-6-5-7-13(14)15(12)17-10-9-16(2,3)4/h5-8,12,15,17H,9-11H2,1-4H3. The monoisotopic (exact) mass is 247 g/mol. The molecule has 1 aliphatic rings. The molecule has 0 aromatic heterocycles. The van der Waals surface area contributed by atoms with Crippen molar-refractivity contribution in [2.45, 2.75) is 40.2 Å². The van der Waals surface area contributed by atoms with E-state index >= 15 is 0 Å². The third-order valence-electron chi connectivity index (χ3n) is 3.56. The quantitative estimate of drug-likeness (QED) is 0.877. The molecule has 1 aromatic rings. The lowest BCUT2D eigenvalue weighted by molar-refractivity contribution is 0.185. The van der Waals surface area contributed by atoms with Crippen LogP contribution in [0, 0.1) is 11.3 Å². The van der Waals surface area contributed by atoms with Crippen molar-refractivity contribution >= 4 is 0 Å². The number of para-hydroxylation sites is 1. The smallest absolute Gasteiger partial charge is 0.124 e. The number of fused-ring (bicyclic) bond motifs is 1. The van der Waals surface area contributed by atoms with Crippen LogP contribution in [0.4, 0.5) is 0 Å². The number of benzene rings is 1. The van der Waals surface area contributed by atoms with Gasteiger partial charge in [-0.15, -0.1) is 0 Å². The van der Waals surface area contributed by atoms with Crippen LogP contribution in [0.5, 0.6) is 5.75 Å². The molecule has 2 heteroatoms. The first-order valence-electron chi connectivity index (χ1n) is 6.92. The third-order valence-corrected chi connectivity index (χ3v) is 3.56. The summed E-state index contributed by atoms with van der Waals surface area (Å²) in [5.74, 6) is 1.57. The zero-order valence-corrected chi connectivity index (χ0v) is 12.0. The molecule has 0 saturated heterocycles. The fourth-order valence-electron chi connectivity index (χ4n) is 2.41. The van der Waals surface area contributed by atoms with Gasteiger partial charge in [0.25, 0.3) is 0 Å². The van der Waals surface area contributed by atoms with Crippen molar-refractivity contribution in [2.75, 3.05) is 13.2 Å². The molecule has 1 aromatic carbocycles. The number of hydrogen-bond donors (Lipinski definition) is 1. The molecular formula is C16H25NO. The minimum atomic E-state index is 0.390. The highest BCUT2D eigenvalue weighted by Crippen LogP contribution is 2.35. The Morgan fingerprint density at radius 3 is 2.72 bits per heavy atom. The maximum Gasteiger partial charge on any atom is 0.124 e. The zero-order chi connectivity index (χ0) is 13.2. The van der Waals surface area contributed by atoms with Crippen LogP contribution in [0.15, 0.2) is 24.3 Å². The van der Waals surface area contributed by atoms with E-state index < -0.39 is 0 Å². The molecule has 0 aliphatic carbocycles. The summed E-state index contributed by atoms with van der Waals surface area (Å²) in [6, 6.07) is 8.82. The van der Waals surface area contributed by atoms with E-state index in [0.29, 0.717) is 17.4 Å². The molecule has 1 N–H and O–H groups in total. The van der Waals surface area contributed by atoms with Gasteiger partial charge < -0.3 is 10.1 Å². The van der Waals surface area contributed by atoms with Crippen LogP contribution in [0.25, 0.3) is 0 Å². The van der Waals surface area contributed by atoms with Crippen molar-refractivity contribution in [3.05, 3.63) is 29.8 Å². The first kappa shape index (κ1) is 13.4. The molecule has 0 radical (unpaired) electrons. The van der Waals surface area contributed by atoms with Gasteiger partial charge in [-0.3, -0.25) is 0 Å². The number of nitrogens with one attached hydrogen (secondary N) is 1. The van der Waals surface area contributed by atoms with Crippen LogP contribution in [0.2, 0.25) is 0 Å². The van der Waals surface area contributed by atoms with Crippen LogP contribution in [-0.2, 0) is 0 Å². The highest BCUT2D eigenvalue weighted by atomic mass is 16.5. The van der Waals surface area contributed by atoms with Crippen molar-refractivity contribution < 1.29 is 4.74 Å². The van der Waals surface area contributed by atoms with Gasteiger partial charge in [0.1, 0.15) is 5.75 Å². The lowest BCUT2D eigenvalue weighted by atomic mass is 9.89. The predicted octanol–water partition coefficient (Wildman–Crippen LogP) is 3.78.